The van der Waals surface area contributed by atoms with Gasteiger partial charge in [0.15, 0.2) is 5.96 Å². The molecule has 0 radical (unpaired) electrons. The minimum absolute atomic E-state index is 0.197. The summed E-state index contributed by atoms with van der Waals surface area (Å²) in [5.41, 5.74) is 2.68. The normalized spacial score (nSPS) is 22.5. The SMILES string of the molecule is CCNC(=NCc1ccccc1Cn1cccn1)NCC1(N2CCOCC2)CCSC1. The monoisotopic (exact) mass is 442 g/mol. The number of nitrogens with one attached hydrogen (secondary N) is 2. The number of morpholine rings is 1. The zero-order chi connectivity index (χ0) is 21.4. The third kappa shape index (κ3) is 5.81. The van der Waals surface area contributed by atoms with E-state index in [9.17, 15) is 0 Å². The number of aromatic nitrogens is 2. The molecular formula is C23H34N6OS. The van der Waals surface area contributed by atoms with Crippen molar-refractivity contribution in [2.24, 2.45) is 4.99 Å². The van der Waals surface area contributed by atoms with Gasteiger partial charge in [0.2, 0.25) is 0 Å². The van der Waals surface area contributed by atoms with Crippen molar-refractivity contribution in [3.8, 4) is 0 Å². The second kappa shape index (κ2) is 11.0. The molecule has 7 nitrogen and oxygen atoms in total. The van der Waals surface area contributed by atoms with E-state index in [1.165, 1.54) is 29.1 Å². The molecule has 2 aliphatic heterocycles. The Kier molecular flexibility index (Phi) is 7.88. The molecule has 2 saturated heterocycles. The second-order valence-electron chi connectivity index (χ2n) is 8.15. The molecular weight excluding hydrogens is 408 g/mol. The van der Waals surface area contributed by atoms with Crippen LogP contribution in [0.5, 0.6) is 0 Å². The molecule has 4 rings (SSSR count). The summed E-state index contributed by atoms with van der Waals surface area (Å²) in [6.45, 7) is 9.02. The van der Waals surface area contributed by atoms with Crippen LogP contribution in [0.1, 0.15) is 24.5 Å². The lowest BCUT2D eigenvalue weighted by Gasteiger charge is -2.43. The first-order valence-corrected chi connectivity index (χ1v) is 12.4. The Morgan fingerprint density at radius 3 is 2.74 bits per heavy atom. The first-order chi connectivity index (χ1) is 15.3. The Morgan fingerprint density at radius 1 is 1.19 bits per heavy atom. The van der Waals surface area contributed by atoms with Crippen LogP contribution in [0.2, 0.25) is 0 Å². The van der Waals surface area contributed by atoms with Crippen molar-refractivity contribution < 1.29 is 4.74 Å². The topological polar surface area (TPSA) is 66.7 Å². The lowest BCUT2D eigenvalue weighted by atomic mass is 9.95. The zero-order valence-corrected chi connectivity index (χ0v) is 19.2. The van der Waals surface area contributed by atoms with Gasteiger partial charge in [0.25, 0.3) is 0 Å². The lowest BCUT2D eigenvalue weighted by Crippen LogP contribution is -2.60. The van der Waals surface area contributed by atoms with Crippen LogP contribution >= 0.6 is 11.8 Å². The maximum atomic E-state index is 5.59. The van der Waals surface area contributed by atoms with Crippen LogP contribution in [0.4, 0.5) is 0 Å². The van der Waals surface area contributed by atoms with E-state index >= 15 is 0 Å². The van der Waals surface area contributed by atoms with Gasteiger partial charge in [0.05, 0.1) is 26.3 Å². The summed E-state index contributed by atoms with van der Waals surface area (Å²) in [5, 5.41) is 11.4. The summed E-state index contributed by atoms with van der Waals surface area (Å²) in [6.07, 6.45) is 5.03. The number of guanidine groups is 1. The standard InChI is InChI=1S/C23H34N6OS/c1-2-24-22(26-18-23(8-15-31-19-23)28-11-13-30-14-12-28)25-16-20-6-3-4-7-21(20)17-29-10-5-9-27-29/h3-7,9-10H,2,8,11-19H2,1H3,(H2,24,25,26). The van der Waals surface area contributed by atoms with E-state index in [1.54, 1.807) is 0 Å². The molecule has 0 bridgehead atoms. The molecule has 1 unspecified atom stereocenters. The molecule has 0 aliphatic carbocycles. The highest BCUT2D eigenvalue weighted by atomic mass is 32.2. The summed E-state index contributed by atoms with van der Waals surface area (Å²) >= 11 is 2.06. The summed E-state index contributed by atoms with van der Waals surface area (Å²) in [6, 6.07) is 10.4. The number of hydrogen-bond acceptors (Lipinski definition) is 5. The first kappa shape index (κ1) is 22.2. The van der Waals surface area contributed by atoms with Gasteiger partial charge in [-0.1, -0.05) is 24.3 Å². The molecule has 1 aromatic carbocycles. The number of thioether (sulfide) groups is 1. The fourth-order valence-electron chi connectivity index (χ4n) is 4.32. The number of benzene rings is 1. The van der Waals surface area contributed by atoms with E-state index in [2.05, 4.69) is 63.6 Å². The summed E-state index contributed by atoms with van der Waals surface area (Å²) in [7, 11) is 0. The Bertz CT molecular complexity index is 828. The lowest BCUT2D eigenvalue weighted by molar-refractivity contribution is -0.0120. The zero-order valence-electron chi connectivity index (χ0n) is 18.4. The van der Waals surface area contributed by atoms with Gasteiger partial charge in [-0.05, 0) is 36.3 Å². The Labute approximate surface area is 189 Å². The van der Waals surface area contributed by atoms with Gasteiger partial charge in [-0.15, -0.1) is 0 Å². The molecule has 168 valence electrons. The van der Waals surface area contributed by atoms with Crippen LogP contribution in [0, 0.1) is 0 Å². The van der Waals surface area contributed by atoms with Gasteiger partial charge >= 0.3 is 0 Å². The average Bonchev–Trinajstić information content (AvgIpc) is 3.50. The highest BCUT2D eigenvalue weighted by Gasteiger charge is 2.40. The van der Waals surface area contributed by atoms with Gasteiger partial charge in [0, 0.05) is 49.9 Å². The molecule has 2 aromatic rings. The number of nitrogens with zero attached hydrogens (tertiary/aromatic N) is 4. The van der Waals surface area contributed by atoms with Crippen LogP contribution in [-0.2, 0) is 17.8 Å². The minimum Gasteiger partial charge on any atom is -0.379 e. The number of ether oxygens (including phenoxy) is 1. The van der Waals surface area contributed by atoms with E-state index in [-0.39, 0.29) is 5.54 Å². The first-order valence-electron chi connectivity index (χ1n) is 11.3. The van der Waals surface area contributed by atoms with E-state index in [0.29, 0.717) is 6.54 Å². The van der Waals surface area contributed by atoms with Crippen LogP contribution in [-0.4, -0.2) is 77.1 Å². The van der Waals surface area contributed by atoms with Crippen LogP contribution in [0.3, 0.4) is 0 Å². The molecule has 1 aromatic heterocycles. The molecule has 2 N–H and O–H groups in total. The molecule has 0 saturated carbocycles. The fraction of sp³-hybridized carbons (Fsp3) is 0.565. The Balaban J connectivity index is 1.43. The van der Waals surface area contributed by atoms with E-state index in [4.69, 9.17) is 9.73 Å². The van der Waals surface area contributed by atoms with Crippen molar-refractivity contribution in [2.45, 2.75) is 32.0 Å². The molecule has 2 aliphatic rings. The smallest absolute Gasteiger partial charge is 0.191 e. The molecule has 0 amide bonds. The van der Waals surface area contributed by atoms with Gasteiger partial charge in [-0.2, -0.15) is 16.9 Å². The summed E-state index contributed by atoms with van der Waals surface area (Å²) < 4.78 is 7.55. The maximum Gasteiger partial charge on any atom is 0.191 e. The van der Waals surface area contributed by atoms with Crippen LogP contribution in [0.15, 0.2) is 47.7 Å². The maximum absolute atomic E-state index is 5.59. The van der Waals surface area contributed by atoms with Crippen LogP contribution < -0.4 is 10.6 Å². The quantitative estimate of drug-likeness (QED) is 0.483. The molecule has 3 heterocycles. The average molecular weight is 443 g/mol. The second-order valence-corrected chi connectivity index (χ2v) is 9.25. The summed E-state index contributed by atoms with van der Waals surface area (Å²) in [5.74, 6) is 3.29. The molecule has 1 atom stereocenters. The highest BCUT2D eigenvalue weighted by molar-refractivity contribution is 7.99. The largest absolute Gasteiger partial charge is 0.379 e. The van der Waals surface area contributed by atoms with Crippen molar-refractivity contribution in [1.82, 2.24) is 25.3 Å². The molecule has 2 fully saturated rings. The number of hydrogen-bond donors (Lipinski definition) is 2. The number of aliphatic imine (C=N–C) groups is 1. The predicted molar refractivity (Wildman–Crippen MR) is 128 cm³/mol. The van der Waals surface area contributed by atoms with Gasteiger partial charge in [-0.25, -0.2) is 4.99 Å². The Morgan fingerprint density at radius 2 is 2.03 bits per heavy atom. The van der Waals surface area contributed by atoms with Gasteiger partial charge in [0.1, 0.15) is 0 Å². The van der Waals surface area contributed by atoms with Crippen molar-refractivity contribution >= 4 is 17.7 Å². The summed E-state index contributed by atoms with van der Waals surface area (Å²) in [4.78, 5) is 7.56. The minimum atomic E-state index is 0.197. The third-order valence-corrected chi connectivity index (χ3v) is 7.35. The van der Waals surface area contributed by atoms with Gasteiger partial charge < -0.3 is 15.4 Å². The fourth-order valence-corrected chi connectivity index (χ4v) is 5.80. The number of rotatable bonds is 8. The van der Waals surface area contributed by atoms with E-state index in [0.717, 1.165) is 51.9 Å². The van der Waals surface area contributed by atoms with E-state index in [1.807, 2.05) is 23.1 Å². The Hall–Kier alpha value is -2.03. The van der Waals surface area contributed by atoms with Crippen molar-refractivity contribution in [3.63, 3.8) is 0 Å². The van der Waals surface area contributed by atoms with Crippen molar-refractivity contribution in [1.29, 1.82) is 0 Å². The molecule has 0 spiro atoms. The van der Waals surface area contributed by atoms with Crippen molar-refractivity contribution in [3.05, 3.63) is 53.9 Å². The van der Waals surface area contributed by atoms with E-state index < -0.39 is 0 Å². The van der Waals surface area contributed by atoms with Crippen LogP contribution in [0.25, 0.3) is 0 Å². The molecule has 8 heteroatoms. The molecule has 31 heavy (non-hydrogen) atoms. The highest BCUT2D eigenvalue weighted by Crippen LogP contribution is 2.33. The van der Waals surface area contributed by atoms with Gasteiger partial charge in [-0.3, -0.25) is 9.58 Å². The van der Waals surface area contributed by atoms with Crippen molar-refractivity contribution in [2.75, 3.05) is 50.9 Å². The third-order valence-electron chi connectivity index (χ3n) is 6.11. The predicted octanol–water partition coefficient (Wildman–Crippen LogP) is 2.19.